The first kappa shape index (κ1) is 12.0. The standard InChI is InChI=1S/C14H9N3O3/c18-14(19)11-4-2-1-3-10(11)13-17-16-12(20-13)9-5-7-15-8-6-9/h1-8H,(H,18,19). The molecule has 0 radical (unpaired) electrons. The van der Waals surface area contributed by atoms with Gasteiger partial charge in [-0.1, -0.05) is 12.1 Å². The van der Waals surface area contributed by atoms with E-state index in [9.17, 15) is 4.79 Å². The Bertz CT molecular complexity index is 753. The zero-order valence-electron chi connectivity index (χ0n) is 10.2. The van der Waals surface area contributed by atoms with Gasteiger partial charge in [0.2, 0.25) is 11.8 Å². The summed E-state index contributed by atoms with van der Waals surface area (Å²) in [5.41, 5.74) is 1.25. The van der Waals surface area contributed by atoms with Crippen molar-refractivity contribution < 1.29 is 14.3 Å². The van der Waals surface area contributed by atoms with E-state index in [1.807, 2.05) is 0 Å². The Kier molecular flexibility index (Phi) is 2.96. The molecule has 3 rings (SSSR count). The average Bonchev–Trinajstić information content (AvgIpc) is 2.98. The minimum atomic E-state index is -1.04. The molecule has 2 heterocycles. The summed E-state index contributed by atoms with van der Waals surface area (Å²) in [6.45, 7) is 0. The largest absolute Gasteiger partial charge is 0.478 e. The van der Waals surface area contributed by atoms with Crippen molar-refractivity contribution in [2.75, 3.05) is 0 Å². The number of carboxylic acids is 1. The second-order valence-electron chi connectivity index (χ2n) is 4.00. The van der Waals surface area contributed by atoms with Gasteiger partial charge in [-0.2, -0.15) is 0 Å². The van der Waals surface area contributed by atoms with Crippen LogP contribution in [0.25, 0.3) is 22.9 Å². The summed E-state index contributed by atoms with van der Waals surface area (Å²) in [5, 5.41) is 17.0. The second-order valence-corrected chi connectivity index (χ2v) is 4.00. The van der Waals surface area contributed by atoms with Gasteiger partial charge in [-0.05, 0) is 24.3 Å². The van der Waals surface area contributed by atoms with Gasteiger partial charge in [-0.15, -0.1) is 10.2 Å². The highest BCUT2D eigenvalue weighted by molar-refractivity contribution is 5.94. The highest BCUT2D eigenvalue weighted by Crippen LogP contribution is 2.25. The Morgan fingerprint density at radius 1 is 1.00 bits per heavy atom. The maximum atomic E-state index is 11.2. The van der Waals surface area contributed by atoms with Crippen molar-refractivity contribution in [1.29, 1.82) is 0 Å². The maximum absolute atomic E-state index is 11.2. The van der Waals surface area contributed by atoms with E-state index in [1.54, 1.807) is 42.7 Å². The molecule has 0 saturated heterocycles. The molecular formula is C14H9N3O3. The number of aromatic carboxylic acids is 1. The van der Waals surface area contributed by atoms with Crippen LogP contribution in [0.1, 0.15) is 10.4 Å². The molecule has 0 saturated carbocycles. The Morgan fingerprint density at radius 3 is 2.45 bits per heavy atom. The summed E-state index contributed by atoms with van der Waals surface area (Å²) >= 11 is 0. The number of carboxylic acid groups (broad SMARTS) is 1. The van der Waals surface area contributed by atoms with E-state index < -0.39 is 5.97 Å². The number of pyridine rings is 1. The minimum Gasteiger partial charge on any atom is -0.478 e. The predicted molar refractivity (Wildman–Crippen MR) is 69.9 cm³/mol. The van der Waals surface area contributed by atoms with Gasteiger partial charge in [0.1, 0.15) is 0 Å². The molecule has 0 amide bonds. The number of carbonyl (C=O) groups is 1. The maximum Gasteiger partial charge on any atom is 0.336 e. The molecule has 0 aliphatic heterocycles. The molecule has 3 aromatic rings. The van der Waals surface area contributed by atoms with Crippen LogP contribution in [-0.2, 0) is 0 Å². The Morgan fingerprint density at radius 2 is 1.70 bits per heavy atom. The second kappa shape index (κ2) is 4.93. The summed E-state index contributed by atoms with van der Waals surface area (Å²) in [4.78, 5) is 15.1. The lowest BCUT2D eigenvalue weighted by Crippen LogP contribution is -1.98. The third-order valence-corrected chi connectivity index (χ3v) is 2.74. The predicted octanol–water partition coefficient (Wildman–Crippen LogP) is 2.50. The van der Waals surface area contributed by atoms with E-state index in [0.29, 0.717) is 11.5 Å². The Balaban J connectivity index is 2.05. The van der Waals surface area contributed by atoms with Crippen LogP contribution in [-0.4, -0.2) is 26.3 Å². The summed E-state index contributed by atoms with van der Waals surface area (Å²) in [6, 6.07) is 9.97. The van der Waals surface area contributed by atoms with Crippen molar-refractivity contribution in [2.45, 2.75) is 0 Å². The first-order valence-electron chi connectivity index (χ1n) is 5.82. The number of aromatic nitrogens is 3. The van der Waals surface area contributed by atoms with Crippen LogP contribution in [0.15, 0.2) is 53.2 Å². The van der Waals surface area contributed by atoms with Crippen LogP contribution in [0.2, 0.25) is 0 Å². The number of benzene rings is 1. The van der Waals surface area contributed by atoms with Crippen molar-refractivity contribution in [2.24, 2.45) is 0 Å². The molecule has 0 aliphatic carbocycles. The third-order valence-electron chi connectivity index (χ3n) is 2.74. The number of hydrogen-bond donors (Lipinski definition) is 1. The van der Waals surface area contributed by atoms with Gasteiger partial charge < -0.3 is 9.52 Å². The van der Waals surface area contributed by atoms with Crippen molar-refractivity contribution in [3.8, 4) is 22.9 Å². The lowest BCUT2D eigenvalue weighted by molar-refractivity contribution is 0.0697. The van der Waals surface area contributed by atoms with Crippen LogP contribution in [0.3, 0.4) is 0 Å². The topological polar surface area (TPSA) is 89.1 Å². The first-order chi connectivity index (χ1) is 9.75. The number of rotatable bonds is 3. The summed E-state index contributed by atoms with van der Waals surface area (Å²) in [6.07, 6.45) is 3.23. The summed E-state index contributed by atoms with van der Waals surface area (Å²) in [7, 11) is 0. The molecule has 6 nitrogen and oxygen atoms in total. The Hall–Kier alpha value is -3.02. The summed E-state index contributed by atoms with van der Waals surface area (Å²) in [5.74, 6) is -0.540. The van der Waals surface area contributed by atoms with Gasteiger partial charge in [0, 0.05) is 18.0 Å². The third kappa shape index (κ3) is 2.14. The molecule has 1 N–H and O–H groups in total. The van der Waals surface area contributed by atoms with Crippen molar-refractivity contribution in [3.63, 3.8) is 0 Å². The molecule has 0 atom stereocenters. The van der Waals surface area contributed by atoms with E-state index in [0.717, 1.165) is 5.56 Å². The van der Waals surface area contributed by atoms with Crippen molar-refractivity contribution in [3.05, 3.63) is 54.4 Å². The molecule has 20 heavy (non-hydrogen) atoms. The van der Waals surface area contributed by atoms with E-state index in [4.69, 9.17) is 9.52 Å². The van der Waals surface area contributed by atoms with E-state index in [2.05, 4.69) is 15.2 Å². The van der Waals surface area contributed by atoms with E-state index >= 15 is 0 Å². The normalized spacial score (nSPS) is 10.4. The van der Waals surface area contributed by atoms with Gasteiger partial charge in [-0.3, -0.25) is 4.98 Å². The first-order valence-corrected chi connectivity index (χ1v) is 5.82. The van der Waals surface area contributed by atoms with Gasteiger partial charge >= 0.3 is 5.97 Å². The number of hydrogen-bond acceptors (Lipinski definition) is 5. The average molecular weight is 267 g/mol. The molecular weight excluding hydrogens is 258 g/mol. The van der Waals surface area contributed by atoms with Crippen LogP contribution < -0.4 is 0 Å². The van der Waals surface area contributed by atoms with E-state index in [1.165, 1.54) is 6.07 Å². The molecule has 0 bridgehead atoms. The Labute approximate surface area is 113 Å². The van der Waals surface area contributed by atoms with Crippen LogP contribution in [0.4, 0.5) is 0 Å². The van der Waals surface area contributed by atoms with Crippen LogP contribution in [0, 0.1) is 0 Å². The smallest absolute Gasteiger partial charge is 0.336 e. The molecule has 0 spiro atoms. The highest BCUT2D eigenvalue weighted by Gasteiger charge is 2.16. The SMILES string of the molecule is O=C(O)c1ccccc1-c1nnc(-c2ccncc2)o1. The van der Waals surface area contributed by atoms with Gasteiger partial charge in [-0.25, -0.2) is 4.79 Å². The fourth-order valence-electron chi connectivity index (χ4n) is 1.80. The number of nitrogens with zero attached hydrogens (tertiary/aromatic N) is 3. The zero-order valence-corrected chi connectivity index (χ0v) is 10.2. The van der Waals surface area contributed by atoms with Gasteiger partial charge in [0.15, 0.2) is 0 Å². The minimum absolute atomic E-state index is 0.123. The molecule has 98 valence electrons. The lowest BCUT2D eigenvalue weighted by atomic mass is 10.1. The fourth-order valence-corrected chi connectivity index (χ4v) is 1.80. The zero-order chi connectivity index (χ0) is 13.9. The quantitative estimate of drug-likeness (QED) is 0.784. The van der Waals surface area contributed by atoms with Crippen LogP contribution >= 0.6 is 0 Å². The highest BCUT2D eigenvalue weighted by atomic mass is 16.4. The van der Waals surface area contributed by atoms with Crippen LogP contribution in [0.5, 0.6) is 0 Å². The monoisotopic (exact) mass is 267 g/mol. The molecule has 0 aliphatic rings. The van der Waals surface area contributed by atoms with E-state index in [-0.39, 0.29) is 11.5 Å². The van der Waals surface area contributed by atoms with Crippen molar-refractivity contribution in [1.82, 2.24) is 15.2 Å². The molecule has 1 aromatic carbocycles. The summed E-state index contributed by atoms with van der Waals surface area (Å²) < 4.78 is 5.53. The van der Waals surface area contributed by atoms with Crippen molar-refractivity contribution >= 4 is 5.97 Å². The lowest BCUT2D eigenvalue weighted by Gasteiger charge is -2.00. The fraction of sp³-hybridized carbons (Fsp3) is 0. The molecule has 0 unspecified atom stereocenters. The molecule has 0 fully saturated rings. The molecule has 6 heteroatoms. The van der Waals surface area contributed by atoms with Gasteiger partial charge in [0.05, 0.1) is 11.1 Å². The molecule has 2 aromatic heterocycles. The van der Waals surface area contributed by atoms with Gasteiger partial charge in [0.25, 0.3) is 0 Å².